The minimum Gasteiger partial charge on any atom is -0.508 e. The second kappa shape index (κ2) is 14.0. The van der Waals surface area contributed by atoms with Gasteiger partial charge in [0.2, 0.25) is 17.7 Å². The van der Waals surface area contributed by atoms with Crippen molar-refractivity contribution in [2.45, 2.75) is 64.2 Å². The van der Waals surface area contributed by atoms with Gasteiger partial charge in [0.1, 0.15) is 23.9 Å². The molecule has 0 aliphatic rings. The molecule has 0 saturated heterocycles. The number of carboxylic acid groups (broad SMARTS) is 1. The van der Waals surface area contributed by atoms with Crippen molar-refractivity contribution < 1.29 is 29.4 Å². The van der Waals surface area contributed by atoms with E-state index < -0.39 is 47.9 Å². The third-order valence-electron chi connectivity index (χ3n) is 5.71. The van der Waals surface area contributed by atoms with Gasteiger partial charge < -0.3 is 31.9 Å². The average Bonchev–Trinajstić information content (AvgIpc) is 2.84. The minimum atomic E-state index is -1.20. The lowest BCUT2D eigenvalue weighted by atomic mass is 10.00. The summed E-state index contributed by atoms with van der Waals surface area (Å²) in [6.45, 7) is 5.12. The van der Waals surface area contributed by atoms with Gasteiger partial charge >= 0.3 is 5.97 Å². The van der Waals surface area contributed by atoms with Crippen LogP contribution in [0, 0.1) is 5.92 Å². The van der Waals surface area contributed by atoms with Gasteiger partial charge in [0.05, 0.1) is 6.04 Å². The van der Waals surface area contributed by atoms with Crippen LogP contribution in [-0.2, 0) is 32.0 Å². The molecule has 0 radical (unpaired) electrons. The number of carbonyl (C=O) groups is 4. The summed E-state index contributed by atoms with van der Waals surface area (Å²) in [6, 6.07) is 11.2. The van der Waals surface area contributed by atoms with Crippen LogP contribution in [0.5, 0.6) is 5.75 Å². The molecule has 0 spiro atoms. The molecule has 0 saturated carbocycles. The van der Waals surface area contributed by atoms with Gasteiger partial charge in [-0.25, -0.2) is 0 Å². The van der Waals surface area contributed by atoms with Gasteiger partial charge in [-0.05, 0) is 48.9 Å². The van der Waals surface area contributed by atoms with E-state index in [4.69, 9.17) is 10.8 Å². The number of amides is 3. The highest BCUT2D eigenvalue weighted by Crippen LogP contribution is 2.12. The molecule has 0 aromatic heterocycles. The van der Waals surface area contributed by atoms with Crippen molar-refractivity contribution >= 4 is 23.7 Å². The van der Waals surface area contributed by atoms with E-state index in [0.717, 1.165) is 11.1 Å². The Hall–Kier alpha value is -3.92. The fourth-order valence-electron chi connectivity index (χ4n) is 3.67. The third kappa shape index (κ3) is 9.92. The van der Waals surface area contributed by atoms with E-state index in [1.165, 1.54) is 19.1 Å². The highest BCUT2D eigenvalue weighted by Gasteiger charge is 2.30. The molecule has 0 aliphatic heterocycles. The number of aliphatic carboxylic acids is 1. The first kappa shape index (κ1) is 29.3. The fraction of sp³-hybridized carbons (Fsp3) is 0.407. The number of rotatable bonds is 13. The number of carboxylic acids is 1. The molecule has 10 heteroatoms. The second-order valence-corrected chi connectivity index (χ2v) is 9.49. The van der Waals surface area contributed by atoms with Crippen LogP contribution in [-0.4, -0.2) is 58.1 Å². The first-order chi connectivity index (χ1) is 17.5. The molecular weight excluding hydrogens is 476 g/mol. The van der Waals surface area contributed by atoms with Crippen LogP contribution in [0.4, 0.5) is 0 Å². The summed E-state index contributed by atoms with van der Waals surface area (Å²) in [4.78, 5) is 50.2. The summed E-state index contributed by atoms with van der Waals surface area (Å²) < 4.78 is 0. The van der Waals surface area contributed by atoms with Crippen LogP contribution in [0.15, 0.2) is 54.6 Å². The Balaban J connectivity index is 2.15. The molecule has 7 N–H and O–H groups in total. The zero-order valence-electron chi connectivity index (χ0n) is 21.3. The summed E-state index contributed by atoms with van der Waals surface area (Å²) >= 11 is 0. The molecule has 0 aliphatic carbocycles. The summed E-state index contributed by atoms with van der Waals surface area (Å²) in [5.41, 5.74) is 7.59. The molecule has 2 aromatic carbocycles. The summed E-state index contributed by atoms with van der Waals surface area (Å²) in [5, 5.41) is 26.4. The lowest BCUT2D eigenvalue weighted by Gasteiger charge is -2.26. The van der Waals surface area contributed by atoms with Crippen molar-refractivity contribution in [3.8, 4) is 5.75 Å². The largest absolute Gasteiger partial charge is 0.508 e. The van der Waals surface area contributed by atoms with Crippen LogP contribution >= 0.6 is 0 Å². The van der Waals surface area contributed by atoms with E-state index in [-0.39, 0.29) is 24.5 Å². The normalized spacial score (nSPS) is 14.2. The number of benzene rings is 2. The number of phenolic OH excluding ortho intramolecular Hbond substituents is 1. The van der Waals surface area contributed by atoms with Crippen molar-refractivity contribution in [2.24, 2.45) is 11.7 Å². The maximum atomic E-state index is 13.3. The molecule has 2 aromatic rings. The van der Waals surface area contributed by atoms with Crippen molar-refractivity contribution in [3.05, 3.63) is 65.7 Å². The number of aromatic hydroxyl groups is 1. The van der Waals surface area contributed by atoms with Crippen molar-refractivity contribution in [2.75, 3.05) is 0 Å². The van der Waals surface area contributed by atoms with Crippen molar-refractivity contribution in [1.82, 2.24) is 16.0 Å². The Morgan fingerprint density at radius 2 is 1.30 bits per heavy atom. The Bertz CT molecular complexity index is 1060. The number of hydrogen-bond acceptors (Lipinski definition) is 6. The maximum absolute atomic E-state index is 13.3. The monoisotopic (exact) mass is 512 g/mol. The fourth-order valence-corrected chi connectivity index (χ4v) is 3.67. The van der Waals surface area contributed by atoms with Gasteiger partial charge in [0.25, 0.3) is 0 Å². The predicted molar refractivity (Wildman–Crippen MR) is 138 cm³/mol. The van der Waals surface area contributed by atoms with Gasteiger partial charge in [-0.2, -0.15) is 0 Å². The number of nitrogens with two attached hydrogens (primary N) is 1. The molecule has 10 nitrogen and oxygen atoms in total. The van der Waals surface area contributed by atoms with E-state index in [1.54, 1.807) is 36.4 Å². The smallest absolute Gasteiger partial charge is 0.325 e. The molecule has 2 rings (SSSR count). The molecule has 0 heterocycles. The number of phenols is 1. The Labute approximate surface area is 216 Å². The van der Waals surface area contributed by atoms with Crippen molar-refractivity contribution in [3.63, 3.8) is 0 Å². The molecular formula is C27H36N4O6. The molecule has 0 fully saturated rings. The standard InChI is InChI=1S/C27H36N4O6/c1-16(2)13-22(30-24(33)21(28)14-19-9-11-20(32)12-10-19)26(35)31-23(15-18-7-5-4-6-8-18)25(34)29-17(3)27(36)37/h4-12,16-17,21-23,32H,13-15,28H2,1-3H3,(H,29,34)(H,30,33)(H,31,35)(H,36,37). The van der Waals surface area contributed by atoms with E-state index in [1.807, 2.05) is 19.9 Å². The van der Waals surface area contributed by atoms with E-state index in [9.17, 15) is 24.3 Å². The van der Waals surface area contributed by atoms with Crippen molar-refractivity contribution in [1.29, 1.82) is 0 Å². The third-order valence-corrected chi connectivity index (χ3v) is 5.71. The van der Waals surface area contributed by atoms with Gasteiger partial charge in [-0.3, -0.25) is 19.2 Å². The van der Waals surface area contributed by atoms with Gasteiger partial charge in [-0.1, -0.05) is 56.3 Å². The second-order valence-electron chi connectivity index (χ2n) is 9.49. The Morgan fingerprint density at radius 3 is 1.86 bits per heavy atom. The highest BCUT2D eigenvalue weighted by molar-refractivity contribution is 5.94. The van der Waals surface area contributed by atoms with Crippen LogP contribution in [0.1, 0.15) is 38.3 Å². The van der Waals surface area contributed by atoms with Crippen LogP contribution in [0.25, 0.3) is 0 Å². The average molecular weight is 513 g/mol. The molecule has 4 unspecified atom stereocenters. The number of carbonyl (C=O) groups excluding carboxylic acids is 3. The van der Waals surface area contributed by atoms with E-state index in [2.05, 4.69) is 16.0 Å². The lowest BCUT2D eigenvalue weighted by molar-refractivity contribution is -0.141. The van der Waals surface area contributed by atoms with Crippen LogP contribution in [0.2, 0.25) is 0 Å². The molecule has 0 bridgehead atoms. The summed E-state index contributed by atoms with van der Waals surface area (Å²) in [6.07, 6.45) is 0.635. The quantitative estimate of drug-likeness (QED) is 0.233. The number of hydrogen-bond donors (Lipinski definition) is 6. The van der Waals surface area contributed by atoms with Crippen LogP contribution < -0.4 is 21.7 Å². The van der Waals surface area contributed by atoms with Gasteiger partial charge in [-0.15, -0.1) is 0 Å². The predicted octanol–water partition coefficient (Wildman–Crippen LogP) is 1.11. The Kier molecular flexibility index (Phi) is 11.1. The first-order valence-corrected chi connectivity index (χ1v) is 12.2. The maximum Gasteiger partial charge on any atom is 0.325 e. The lowest BCUT2D eigenvalue weighted by Crippen LogP contribution is -2.57. The molecule has 4 atom stereocenters. The zero-order valence-corrected chi connectivity index (χ0v) is 21.3. The van der Waals surface area contributed by atoms with Gasteiger partial charge in [0.15, 0.2) is 0 Å². The molecule has 200 valence electrons. The van der Waals surface area contributed by atoms with Crippen LogP contribution in [0.3, 0.4) is 0 Å². The molecule has 37 heavy (non-hydrogen) atoms. The highest BCUT2D eigenvalue weighted by atomic mass is 16.4. The van der Waals surface area contributed by atoms with E-state index in [0.29, 0.717) is 6.42 Å². The Morgan fingerprint density at radius 1 is 0.757 bits per heavy atom. The van der Waals surface area contributed by atoms with E-state index >= 15 is 0 Å². The van der Waals surface area contributed by atoms with Gasteiger partial charge in [0, 0.05) is 6.42 Å². The molecule has 3 amide bonds. The number of nitrogens with one attached hydrogen (secondary N) is 3. The minimum absolute atomic E-state index is 0.0396. The first-order valence-electron chi connectivity index (χ1n) is 12.2. The SMILES string of the molecule is CC(C)CC(NC(=O)C(N)Cc1ccc(O)cc1)C(=O)NC(Cc1ccccc1)C(=O)NC(C)C(=O)O. The summed E-state index contributed by atoms with van der Waals surface area (Å²) in [5.74, 6) is -2.81. The zero-order chi connectivity index (χ0) is 27.5. The summed E-state index contributed by atoms with van der Waals surface area (Å²) in [7, 11) is 0. The topological polar surface area (TPSA) is 171 Å².